The van der Waals surface area contributed by atoms with Gasteiger partial charge >= 0.3 is 5.97 Å². The molecule has 0 saturated carbocycles. The van der Waals surface area contributed by atoms with Crippen LogP contribution in [0.3, 0.4) is 0 Å². The summed E-state index contributed by atoms with van der Waals surface area (Å²) in [7, 11) is 0. The quantitative estimate of drug-likeness (QED) is 0.682. The highest BCUT2D eigenvalue weighted by Crippen LogP contribution is 2.26. The minimum Gasteiger partial charge on any atom is -0.451 e. The molecule has 1 atom stereocenters. The third-order valence-electron chi connectivity index (χ3n) is 3.35. The molecule has 0 N–H and O–H groups in total. The maximum atomic E-state index is 12.5. The van der Waals surface area contributed by atoms with Gasteiger partial charge in [-0.25, -0.2) is 9.78 Å². The smallest absolute Gasteiger partial charge is 0.361 e. The molecular weight excluding hydrogens is 292 g/mol. The van der Waals surface area contributed by atoms with Gasteiger partial charge < -0.3 is 9.15 Å². The summed E-state index contributed by atoms with van der Waals surface area (Å²) >= 11 is 0. The molecule has 0 aliphatic heterocycles. The Morgan fingerprint density at radius 2 is 1.87 bits per heavy atom. The summed E-state index contributed by atoms with van der Waals surface area (Å²) in [5.74, 6) is 0.307. The average Bonchev–Trinajstić information content (AvgIpc) is 2.98. The Balaban J connectivity index is 1.86. The second-order valence-electron chi connectivity index (χ2n) is 5.08. The van der Waals surface area contributed by atoms with Gasteiger partial charge in [0.2, 0.25) is 0 Å². The van der Waals surface area contributed by atoms with Crippen LogP contribution in [-0.2, 0) is 4.74 Å². The van der Waals surface area contributed by atoms with Gasteiger partial charge in [-0.15, -0.1) is 0 Å². The maximum absolute atomic E-state index is 12.5. The molecule has 2 aromatic heterocycles. The van der Waals surface area contributed by atoms with Crippen LogP contribution in [0.25, 0.3) is 11.3 Å². The highest BCUT2D eigenvalue weighted by Gasteiger charge is 2.23. The number of aryl methyl sites for hydroxylation is 1. The SMILES string of the molecule is Cc1nc(C(=O)O[C@H](C)c2ccccn2)c(-c2ccccc2)o1. The highest BCUT2D eigenvalue weighted by atomic mass is 16.5. The van der Waals surface area contributed by atoms with E-state index < -0.39 is 12.1 Å². The molecule has 0 aliphatic rings. The fourth-order valence-corrected chi connectivity index (χ4v) is 2.24. The minimum absolute atomic E-state index is 0.177. The molecule has 2 heterocycles. The van der Waals surface area contributed by atoms with E-state index in [-0.39, 0.29) is 5.69 Å². The van der Waals surface area contributed by atoms with Gasteiger partial charge in [-0.05, 0) is 19.1 Å². The molecule has 0 fully saturated rings. The Bertz CT molecular complexity index is 798. The molecule has 23 heavy (non-hydrogen) atoms. The van der Waals surface area contributed by atoms with Crippen molar-refractivity contribution in [2.24, 2.45) is 0 Å². The van der Waals surface area contributed by atoms with E-state index >= 15 is 0 Å². The first-order valence-corrected chi connectivity index (χ1v) is 7.30. The number of rotatable bonds is 4. The van der Waals surface area contributed by atoms with E-state index in [1.54, 1.807) is 20.0 Å². The molecule has 5 heteroatoms. The standard InChI is InChI=1S/C18H16N2O3/c1-12(15-10-6-7-11-19-15)22-18(21)16-17(23-13(2)20-16)14-8-4-3-5-9-14/h3-12H,1-2H3/t12-/m1/s1. The van der Waals surface area contributed by atoms with Gasteiger partial charge in [-0.2, -0.15) is 0 Å². The van der Waals surface area contributed by atoms with Gasteiger partial charge in [0.1, 0.15) is 6.10 Å². The lowest BCUT2D eigenvalue weighted by Gasteiger charge is -2.11. The molecule has 0 saturated heterocycles. The van der Waals surface area contributed by atoms with Crippen molar-refractivity contribution >= 4 is 5.97 Å². The van der Waals surface area contributed by atoms with Crippen LogP contribution in [0.2, 0.25) is 0 Å². The number of carbonyl (C=O) groups is 1. The lowest BCUT2D eigenvalue weighted by Crippen LogP contribution is -2.11. The predicted molar refractivity (Wildman–Crippen MR) is 84.7 cm³/mol. The van der Waals surface area contributed by atoms with Gasteiger partial charge in [0.25, 0.3) is 0 Å². The maximum Gasteiger partial charge on any atom is 0.361 e. The van der Waals surface area contributed by atoms with E-state index in [1.165, 1.54) is 0 Å². The lowest BCUT2D eigenvalue weighted by molar-refractivity contribution is 0.0323. The molecule has 0 aliphatic carbocycles. The van der Waals surface area contributed by atoms with E-state index in [0.717, 1.165) is 5.56 Å². The minimum atomic E-state index is -0.529. The summed E-state index contributed by atoms with van der Waals surface area (Å²) in [4.78, 5) is 20.8. The van der Waals surface area contributed by atoms with Crippen LogP contribution in [-0.4, -0.2) is 15.9 Å². The number of esters is 1. The van der Waals surface area contributed by atoms with Crippen LogP contribution < -0.4 is 0 Å². The van der Waals surface area contributed by atoms with E-state index in [1.807, 2.05) is 48.5 Å². The summed E-state index contributed by atoms with van der Waals surface area (Å²) in [5.41, 5.74) is 1.64. The van der Waals surface area contributed by atoms with Crippen LogP contribution in [0, 0.1) is 6.92 Å². The van der Waals surface area contributed by atoms with Crippen molar-refractivity contribution < 1.29 is 13.9 Å². The Kier molecular flexibility index (Phi) is 4.19. The van der Waals surface area contributed by atoms with E-state index in [9.17, 15) is 4.79 Å². The van der Waals surface area contributed by atoms with Crippen molar-refractivity contribution in [3.05, 3.63) is 72.0 Å². The number of hydrogen-bond acceptors (Lipinski definition) is 5. The summed E-state index contributed by atoms with van der Waals surface area (Å²) in [6.45, 7) is 3.47. The number of benzene rings is 1. The number of carbonyl (C=O) groups excluding carboxylic acids is 1. The Hall–Kier alpha value is -2.95. The van der Waals surface area contributed by atoms with Gasteiger partial charge in [0.15, 0.2) is 17.3 Å². The summed E-state index contributed by atoms with van der Waals surface area (Å²) < 4.78 is 11.1. The van der Waals surface area contributed by atoms with Crippen LogP contribution >= 0.6 is 0 Å². The molecule has 0 unspecified atom stereocenters. The van der Waals surface area contributed by atoms with Gasteiger partial charge in [0, 0.05) is 18.7 Å². The Labute approximate surface area is 134 Å². The Morgan fingerprint density at radius 1 is 1.13 bits per heavy atom. The number of hydrogen-bond donors (Lipinski definition) is 0. The van der Waals surface area contributed by atoms with Crippen molar-refractivity contribution in [3.63, 3.8) is 0 Å². The largest absolute Gasteiger partial charge is 0.451 e. The highest BCUT2D eigenvalue weighted by molar-refractivity contribution is 5.93. The van der Waals surface area contributed by atoms with Crippen LogP contribution in [0.5, 0.6) is 0 Å². The molecule has 0 radical (unpaired) electrons. The van der Waals surface area contributed by atoms with E-state index in [0.29, 0.717) is 17.3 Å². The van der Waals surface area contributed by atoms with E-state index in [4.69, 9.17) is 9.15 Å². The van der Waals surface area contributed by atoms with Crippen molar-refractivity contribution in [2.45, 2.75) is 20.0 Å². The molecule has 0 amide bonds. The zero-order valence-electron chi connectivity index (χ0n) is 12.9. The van der Waals surface area contributed by atoms with Crippen molar-refractivity contribution in [3.8, 4) is 11.3 Å². The molecule has 0 bridgehead atoms. The molecule has 3 aromatic rings. The average molecular weight is 308 g/mol. The van der Waals surface area contributed by atoms with E-state index in [2.05, 4.69) is 9.97 Å². The number of pyridine rings is 1. The number of ether oxygens (including phenoxy) is 1. The number of oxazole rings is 1. The molecule has 0 spiro atoms. The van der Waals surface area contributed by atoms with Crippen molar-refractivity contribution in [1.29, 1.82) is 0 Å². The summed E-state index contributed by atoms with van der Waals surface area (Å²) in [6.07, 6.45) is 1.19. The topological polar surface area (TPSA) is 65.2 Å². The van der Waals surface area contributed by atoms with Gasteiger partial charge in [-0.3, -0.25) is 4.98 Å². The fraction of sp³-hybridized carbons (Fsp3) is 0.167. The molecule has 116 valence electrons. The second-order valence-corrected chi connectivity index (χ2v) is 5.08. The predicted octanol–water partition coefficient (Wildman–Crippen LogP) is 3.96. The van der Waals surface area contributed by atoms with Gasteiger partial charge in [0.05, 0.1) is 5.69 Å². The summed E-state index contributed by atoms with van der Waals surface area (Å²) in [6, 6.07) is 14.8. The first kappa shape index (κ1) is 15.0. The van der Waals surface area contributed by atoms with Crippen LogP contribution in [0.1, 0.15) is 35.1 Å². The van der Waals surface area contributed by atoms with Crippen LogP contribution in [0.15, 0.2) is 59.1 Å². The third kappa shape index (κ3) is 3.29. The summed E-state index contributed by atoms with van der Waals surface area (Å²) in [5, 5.41) is 0. The lowest BCUT2D eigenvalue weighted by atomic mass is 10.1. The second kappa shape index (κ2) is 6.44. The van der Waals surface area contributed by atoms with Crippen molar-refractivity contribution in [2.75, 3.05) is 0 Å². The first-order valence-electron chi connectivity index (χ1n) is 7.30. The number of aromatic nitrogens is 2. The molecular formula is C18H16N2O3. The molecule has 3 rings (SSSR count). The normalized spacial score (nSPS) is 11.9. The first-order chi connectivity index (χ1) is 11.1. The fourth-order valence-electron chi connectivity index (χ4n) is 2.24. The molecule has 1 aromatic carbocycles. The van der Waals surface area contributed by atoms with Crippen LogP contribution in [0.4, 0.5) is 0 Å². The molecule has 5 nitrogen and oxygen atoms in total. The third-order valence-corrected chi connectivity index (χ3v) is 3.35. The zero-order chi connectivity index (χ0) is 16.2. The Morgan fingerprint density at radius 3 is 2.57 bits per heavy atom. The zero-order valence-corrected chi connectivity index (χ0v) is 12.9. The van der Waals surface area contributed by atoms with Gasteiger partial charge in [-0.1, -0.05) is 36.4 Å². The van der Waals surface area contributed by atoms with Crippen molar-refractivity contribution in [1.82, 2.24) is 9.97 Å². The number of nitrogens with zero attached hydrogens (tertiary/aromatic N) is 2. The monoisotopic (exact) mass is 308 g/mol.